The quantitative estimate of drug-likeness (QED) is 0.720. The Kier molecular flexibility index (Phi) is 4.14. The van der Waals surface area contributed by atoms with E-state index in [0.29, 0.717) is 18.6 Å². The SMILES string of the molecule is CCC(C)(CCO)NC1CCS(=O)(=O)C1. The first-order valence-corrected chi connectivity index (χ1v) is 7.32. The summed E-state index contributed by atoms with van der Waals surface area (Å²) in [5.41, 5.74) is -0.140. The monoisotopic (exact) mass is 235 g/mol. The first kappa shape index (κ1) is 12.9. The summed E-state index contributed by atoms with van der Waals surface area (Å²) < 4.78 is 22.6. The Morgan fingerprint density at radius 3 is 2.60 bits per heavy atom. The molecule has 0 spiro atoms. The lowest BCUT2D eigenvalue weighted by molar-refractivity contribution is 0.205. The summed E-state index contributed by atoms with van der Waals surface area (Å²) in [7, 11) is -2.82. The second-order valence-corrected chi connectivity index (χ2v) is 6.86. The Morgan fingerprint density at radius 2 is 2.20 bits per heavy atom. The Bertz CT molecular complexity index is 302. The molecule has 1 saturated heterocycles. The molecule has 0 saturated carbocycles. The van der Waals surface area contributed by atoms with Crippen LogP contribution in [0, 0.1) is 0 Å². The van der Waals surface area contributed by atoms with Crippen LogP contribution in [0.3, 0.4) is 0 Å². The molecule has 2 N–H and O–H groups in total. The molecule has 0 radical (unpaired) electrons. The topological polar surface area (TPSA) is 66.4 Å². The van der Waals surface area contributed by atoms with E-state index in [2.05, 4.69) is 5.32 Å². The van der Waals surface area contributed by atoms with Gasteiger partial charge in [-0.15, -0.1) is 0 Å². The van der Waals surface area contributed by atoms with E-state index in [9.17, 15) is 8.42 Å². The van der Waals surface area contributed by atoms with Gasteiger partial charge in [0.2, 0.25) is 0 Å². The van der Waals surface area contributed by atoms with Gasteiger partial charge in [-0.3, -0.25) is 0 Å². The van der Waals surface area contributed by atoms with Gasteiger partial charge in [-0.25, -0.2) is 8.42 Å². The zero-order valence-corrected chi connectivity index (χ0v) is 10.3. The van der Waals surface area contributed by atoms with Crippen LogP contribution in [0.4, 0.5) is 0 Å². The molecule has 90 valence electrons. The number of aliphatic hydroxyl groups is 1. The van der Waals surface area contributed by atoms with Gasteiger partial charge in [0.15, 0.2) is 9.84 Å². The van der Waals surface area contributed by atoms with Crippen LogP contribution in [0.15, 0.2) is 0 Å². The van der Waals surface area contributed by atoms with E-state index < -0.39 is 9.84 Å². The molecule has 15 heavy (non-hydrogen) atoms. The first-order valence-electron chi connectivity index (χ1n) is 5.50. The minimum atomic E-state index is -2.82. The second-order valence-electron chi connectivity index (χ2n) is 4.63. The fourth-order valence-corrected chi connectivity index (χ4v) is 3.67. The van der Waals surface area contributed by atoms with Crippen LogP contribution in [-0.4, -0.2) is 43.2 Å². The van der Waals surface area contributed by atoms with Crippen LogP contribution in [0.25, 0.3) is 0 Å². The molecule has 0 aliphatic carbocycles. The van der Waals surface area contributed by atoms with Crippen molar-refractivity contribution in [3.05, 3.63) is 0 Å². The van der Waals surface area contributed by atoms with E-state index in [0.717, 1.165) is 6.42 Å². The number of aliphatic hydroxyl groups excluding tert-OH is 1. The molecule has 0 aromatic rings. The Balaban J connectivity index is 2.54. The van der Waals surface area contributed by atoms with E-state index in [1.165, 1.54) is 0 Å². The lowest BCUT2D eigenvalue weighted by atomic mass is 9.93. The van der Waals surface area contributed by atoms with Crippen molar-refractivity contribution in [3.63, 3.8) is 0 Å². The molecule has 1 fully saturated rings. The number of hydrogen-bond acceptors (Lipinski definition) is 4. The minimum Gasteiger partial charge on any atom is -0.396 e. The molecule has 0 aromatic carbocycles. The zero-order valence-electron chi connectivity index (χ0n) is 9.49. The molecule has 0 bridgehead atoms. The minimum absolute atomic E-state index is 0.0616. The van der Waals surface area contributed by atoms with Crippen molar-refractivity contribution in [2.24, 2.45) is 0 Å². The second kappa shape index (κ2) is 4.80. The van der Waals surface area contributed by atoms with E-state index >= 15 is 0 Å². The van der Waals surface area contributed by atoms with Crippen molar-refractivity contribution >= 4 is 9.84 Å². The number of rotatable bonds is 5. The fraction of sp³-hybridized carbons (Fsp3) is 1.00. The fourth-order valence-electron chi connectivity index (χ4n) is 2.00. The van der Waals surface area contributed by atoms with E-state index in [1.54, 1.807) is 0 Å². The Labute approximate surface area is 92.0 Å². The lowest BCUT2D eigenvalue weighted by Crippen LogP contribution is -2.48. The zero-order chi connectivity index (χ0) is 11.5. The average molecular weight is 235 g/mol. The Hall–Kier alpha value is -0.130. The van der Waals surface area contributed by atoms with E-state index in [1.807, 2.05) is 13.8 Å². The third-order valence-corrected chi connectivity index (χ3v) is 5.00. The number of hydrogen-bond donors (Lipinski definition) is 2. The van der Waals surface area contributed by atoms with Crippen molar-refractivity contribution < 1.29 is 13.5 Å². The van der Waals surface area contributed by atoms with Crippen LogP contribution in [0.2, 0.25) is 0 Å². The van der Waals surface area contributed by atoms with Gasteiger partial charge in [0.25, 0.3) is 0 Å². The summed E-state index contributed by atoms with van der Waals surface area (Å²) >= 11 is 0. The average Bonchev–Trinajstić information content (AvgIpc) is 2.46. The van der Waals surface area contributed by atoms with Crippen LogP contribution >= 0.6 is 0 Å². The van der Waals surface area contributed by atoms with Gasteiger partial charge < -0.3 is 10.4 Å². The molecule has 4 nitrogen and oxygen atoms in total. The summed E-state index contributed by atoms with van der Waals surface area (Å²) in [5.74, 6) is 0.539. The maximum Gasteiger partial charge on any atom is 0.151 e. The van der Waals surface area contributed by atoms with Crippen LogP contribution in [0.1, 0.15) is 33.1 Å². The first-order chi connectivity index (χ1) is 6.91. The van der Waals surface area contributed by atoms with Gasteiger partial charge in [0.1, 0.15) is 0 Å². The number of sulfone groups is 1. The lowest BCUT2D eigenvalue weighted by Gasteiger charge is -2.32. The van der Waals surface area contributed by atoms with Crippen LogP contribution < -0.4 is 5.32 Å². The van der Waals surface area contributed by atoms with Crippen molar-refractivity contribution in [1.82, 2.24) is 5.32 Å². The van der Waals surface area contributed by atoms with Crippen molar-refractivity contribution in [2.45, 2.75) is 44.7 Å². The summed E-state index contributed by atoms with van der Waals surface area (Å²) in [5, 5.41) is 12.3. The maximum absolute atomic E-state index is 11.3. The molecule has 0 amide bonds. The van der Waals surface area contributed by atoms with Crippen LogP contribution in [-0.2, 0) is 9.84 Å². The predicted molar refractivity (Wildman–Crippen MR) is 60.6 cm³/mol. The summed E-state index contributed by atoms with van der Waals surface area (Å²) in [6.07, 6.45) is 2.26. The highest BCUT2D eigenvalue weighted by Gasteiger charge is 2.32. The van der Waals surface area contributed by atoms with Gasteiger partial charge >= 0.3 is 0 Å². The van der Waals surface area contributed by atoms with Crippen molar-refractivity contribution in [3.8, 4) is 0 Å². The molecule has 1 rings (SSSR count). The van der Waals surface area contributed by atoms with Gasteiger partial charge in [-0.1, -0.05) is 6.92 Å². The van der Waals surface area contributed by atoms with Crippen molar-refractivity contribution in [1.29, 1.82) is 0 Å². The molecular weight excluding hydrogens is 214 g/mol. The van der Waals surface area contributed by atoms with E-state index in [4.69, 9.17) is 5.11 Å². The smallest absolute Gasteiger partial charge is 0.151 e. The number of nitrogens with one attached hydrogen (secondary N) is 1. The third-order valence-electron chi connectivity index (χ3n) is 3.23. The standard InChI is InChI=1S/C10H21NO3S/c1-3-10(2,5-6-12)11-9-4-7-15(13,14)8-9/h9,11-12H,3-8H2,1-2H3. The molecule has 1 aliphatic heterocycles. The van der Waals surface area contributed by atoms with Gasteiger partial charge in [0, 0.05) is 18.2 Å². The summed E-state index contributed by atoms with van der Waals surface area (Å²) in [4.78, 5) is 0. The normalized spacial score (nSPS) is 28.9. The summed E-state index contributed by atoms with van der Waals surface area (Å²) in [6.45, 7) is 4.22. The van der Waals surface area contributed by atoms with E-state index in [-0.39, 0.29) is 23.9 Å². The molecule has 2 unspecified atom stereocenters. The van der Waals surface area contributed by atoms with Crippen molar-refractivity contribution in [2.75, 3.05) is 18.1 Å². The predicted octanol–water partition coefficient (Wildman–Crippen LogP) is 0.314. The molecule has 1 heterocycles. The highest BCUT2D eigenvalue weighted by atomic mass is 32.2. The summed E-state index contributed by atoms with van der Waals surface area (Å²) in [6, 6.07) is 0.0616. The molecular formula is C10H21NO3S. The third kappa shape index (κ3) is 3.74. The maximum atomic E-state index is 11.3. The molecule has 5 heteroatoms. The van der Waals surface area contributed by atoms with Gasteiger partial charge in [0.05, 0.1) is 11.5 Å². The van der Waals surface area contributed by atoms with Gasteiger partial charge in [-0.2, -0.15) is 0 Å². The molecule has 1 aliphatic rings. The van der Waals surface area contributed by atoms with Crippen LogP contribution in [0.5, 0.6) is 0 Å². The Morgan fingerprint density at radius 1 is 1.53 bits per heavy atom. The highest BCUT2D eigenvalue weighted by Crippen LogP contribution is 2.19. The van der Waals surface area contributed by atoms with Gasteiger partial charge in [-0.05, 0) is 26.2 Å². The highest BCUT2D eigenvalue weighted by molar-refractivity contribution is 7.91. The molecule has 2 atom stereocenters. The molecule has 0 aromatic heterocycles. The largest absolute Gasteiger partial charge is 0.396 e.